The number of carbonyl (C=O) groups excluding carboxylic acids is 1. The molecule has 2 aromatic carbocycles. The van der Waals surface area contributed by atoms with Crippen LogP contribution in [-0.4, -0.2) is 20.4 Å². The van der Waals surface area contributed by atoms with E-state index in [1.165, 1.54) is 13.0 Å². The maximum Gasteiger partial charge on any atom is 0.339 e. The van der Waals surface area contributed by atoms with E-state index in [4.69, 9.17) is 4.18 Å². The molecular formula is C20H23NO4S. The number of fused-ring (bicyclic) bond motifs is 1. The van der Waals surface area contributed by atoms with Gasteiger partial charge in [-0.25, -0.2) is 0 Å². The zero-order valence-electron chi connectivity index (χ0n) is 15.7. The Morgan fingerprint density at radius 1 is 1.12 bits per heavy atom. The van der Waals surface area contributed by atoms with Crippen molar-refractivity contribution in [2.75, 3.05) is 4.90 Å². The van der Waals surface area contributed by atoms with Crippen molar-refractivity contribution in [3.63, 3.8) is 0 Å². The highest BCUT2D eigenvalue weighted by atomic mass is 32.2. The third-order valence-electron chi connectivity index (χ3n) is 4.96. The first-order valence-electron chi connectivity index (χ1n) is 8.56. The fourth-order valence-electron chi connectivity index (χ4n) is 3.45. The minimum absolute atomic E-state index is 0.0163. The lowest BCUT2D eigenvalue weighted by Gasteiger charge is -2.20. The topological polar surface area (TPSA) is 63.7 Å². The predicted octanol–water partition coefficient (Wildman–Crippen LogP) is 3.68. The Hall–Kier alpha value is -2.34. The van der Waals surface area contributed by atoms with Gasteiger partial charge in [-0.15, -0.1) is 0 Å². The lowest BCUT2D eigenvalue weighted by atomic mass is 10.1. The van der Waals surface area contributed by atoms with Crippen LogP contribution in [0.5, 0.6) is 5.75 Å². The fourth-order valence-corrected chi connectivity index (χ4v) is 4.55. The van der Waals surface area contributed by atoms with Gasteiger partial charge < -0.3 is 9.08 Å². The zero-order valence-corrected chi connectivity index (χ0v) is 16.5. The van der Waals surface area contributed by atoms with Gasteiger partial charge in [-0.3, -0.25) is 4.79 Å². The molecule has 1 unspecified atom stereocenters. The molecule has 0 saturated heterocycles. The first-order chi connectivity index (χ1) is 12.1. The molecule has 1 heterocycles. The maximum absolute atomic E-state index is 12.8. The van der Waals surface area contributed by atoms with E-state index in [-0.39, 0.29) is 16.8 Å². The van der Waals surface area contributed by atoms with E-state index < -0.39 is 10.1 Å². The molecule has 0 radical (unpaired) electrons. The molecular weight excluding hydrogens is 350 g/mol. The van der Waals surface area contributed by atoms with E-state index in [0.29, 0.717) is 12.2 Å². The highest BCUT2D eigenvalue weighted by Gasteiger charge is 2.31. The number of amides is 1. The summed E-state index contributed by atoms with van der Waals surface area (Å²) in [6.07, 6.45) is 0.626. The predicted molar refractivity (Wildman–Crippen MR) is 101 cm³/mol. The SMILES string of the molecule is CC(=O)N1c2ccc(S(=O)(=O)Oc3c(C)ccc(C)c3C)cc2CC1C. The Bertz CT molecular complexity index is 995. The van der Waals surface area contributed by atoms with Crippen molar-refractivity contribution in [2.24, 2.45) is 0 Å². The van der Waals surface area contributed by atoms with Crippen molar-refractivity contribution >= 4 is 21.7 Å². The van der Waals surface area contributed by atoms with Gasteiger partial charge in [-0.05, 0) is 74.6 Å². The van der Waals surface area contributed by atoms with Crippen LogP contribution in [0.4, 0.5) is 5.69 Å². The van der Waals surface area contributed by atoms with Crippen LogP contribution in [0.1, 0.15) is 36.1 Å². The van der Waals surface area contributed by atoms with Gasteiger partial charge in [-0.1, -0.05) is 12.1 Å². The molecule has 0 aromatic heterocycles. The Morgan fingerprint density at radius 2 is 1.77 bits per heavy atom. The second-order valence-electron chi connectivity index (χ2n) is 6.92. The van der Waals surface area contributed by atoms with E-state index in [1.54, 1.807) is 17.0 Å². The lowest BCUT2D eigenvalue weighted by Crippen LogP contribution is -2.33. The molecule has 3 rings (SSSR count). The van der Waals surface area contributed by atoms with E-state index in [2.05, 4.69) is 0 Å². The number of hydrogen-bond acceptors (Lipinski definition) is 4. The van der Waals surface area contributed by atoms with Crippen molar-refractivity contribution in [3.05, 3.63) is 52.6 Å². The number of anilines is 1. The quantitative estimate of drug-likeness (QED) is 0.770. The molecule has 1 amide bonds. The van der Waals surface area contributed by atoms with Crippen LogP contribution in [0.3, 0.4) is 0 Å². The van der Waals surface area contributed by atoms with Crippen LogP contribution in [0.25, 0.3) is 0 Å². The Labute approximate surface area is 154 Å². The lowest BCUT2D eigenvalue weighted by molar-refractivity contribution is -0.116. The minimum Gasteiger partial charge on any atom is -0.378 e. The molecule has 1 aliphatic heterocycles. The largest absolute Gasteiger partial charge is 0.378 e. The molecule has 5 nitrogen and oxygen atoms in total. The van der Waals surface area contributed by atoms with Crippen molar-refractivity contribution in [1.29, 1.82) is 0 Å². The van der Waals surface area contributed by atoms with Crippen LogP contribution < -0.4 is 9.08 Å². The van der Waals surface area contributed by atoms with Gasteiger partial charge >= 0.3 is 10.1 Å². The van der Waals surface area contributed by atoms with Crippen molar-refractivity contribution < 1.29 is 17.4 Å². The molecule has 0 bridgehead atoms. The van der Waals surface area contributed by atoms with Gasteiger partial charge in [0.15, 0.2) is 0 Å². The Kier molecular flexibility index (Phi) is 4.56. The van der Waals surface area contributed by atoms with Crippen LogP contribution in [-0.2, 0) is 21.3 Å². The summed E-state index contributed by atoms with van der Waals surface area (Å²) in [6.45, 7) is 9.06. The van der Waals surface area contributed by atoms with Gasteiger partial charge in [-0.2, -0.15) is 8.42 Å². The van der Waals surface area contributed by atoms with Crippen molar-refractivity contribution in [3.8, 4) is 5.75 Å². The average Bonchev–Trinajstić information content (AvgIpc) is 2.90. The summed E-state index contributed by atoms with van der Waals surface area (Å²) >= 11 is 0. The number of aryl methyl sites for hydroxylation is 2. The monoisotopic (exact) mass is 373 g/mol. The number of carbonyl (C=O) groups is 1. The zero-order chi connectivity index (χ0) is 19.2. The Morgan fingerprint density at radius 3 is 2.42 bits per heavy atom. The van der Waals surface area contributed by atoms with Crippen molar-refractivity contribution in [1.82, 2.24) is 0 Å². The molecule has 0 N–H and O–H groups in total. The molecule has 6 heteroatoms. The molecule has 1 atom stereocenters. The first kappa shape index (κ1) is 18.5. The van der Waals surface area contributed by atoms with Gasteiger partial charge in [0.2, 0.25) is 5.91 Å². The fraction of sp³-hybridized carbons (Fsp3) is 0.350. The molecule has 26 heavy (non-hydrogen) atoms. The highest BCUT2D eigenvalue weighted by Crippen LogP contribution is 2.35. The third-order valence-corrected chi connectivity index (χ3v) is 6.18. The second-order valence-corrected chi connectivity index (χ2v) is 8.47. The van der Waals surface area contributed by atoms with Crippen molar-refractivity contribution in [2.45, 2.75) is 52.0 Å². The summed E-state index contributed by atoms with van der Waals surface area (Å²) < 4.78 is 31.1. The highest BCUT2D eigenvalue weighted by molar-refractivity contribution is 7.87. The van der Waals surface area contributed by atoms with Gasteiger partial charge in [0.25, 0.3) is 0 Å². The van der Waals surface area contributed by atoms with E-state index in [1.807, 2.05) is 39.8 Å². The van der Waals surface area contributed by atoms with Crippen LogP contribution >= 0.6 is 0 Å². The van der Waals surface area contributed by atoms with Crippen LogP contribution in [0.15, 0.2) is 35.2 Å². The average molecular weight is 373 g/mol. The number of nitrogens with zero attached hydrogens (tertiary/aromatic N) is 1. The van der Waals surface area contributed by atoms with E-state index in [9.17, 15) is 13.2 Å². The number of benzene rings is 2. The third kappa shape index (κ3) is 3.09. The maximum atomic E-state index is 12.8. The Balaban J connectivity index is 1.99. The van der Waals surface area contributed by atoms with E-state index >= 15 is 0 Å². The smallest absolute Gasteiger partial charge is 0.339 e. The van der Waals surface area contributed by atoms with Gasteiger partial charge in [0.05, 0.1) is 0 Å². The van der Waals surface area contributed by atoms with E-state index in [0.717, 1.165) is 27.9 Å². The second kappa shape index (κ2) is 6.43. The van der Waals surface area contributed by atoms with Gasteiger partial charge in [0, 0.05) is 18.7 Å². The molecule has 1 aliphatic rings. The summed E-state index contributed by atoms with van der Waals surface area (Å²) in [5.41, 5.74) is 4.17. The molecule has 138 valence electrons. The normalized spacial score (nSPS) is 16.5. The molecule has 0 fully saturated rings. The number of hydrogen-bond donors (Lipinski definition) is 0. The molecule has 2 aromatic rings. The summed E-state index contributed by atoms with van der Waals surface area (Å²) in [6, 6.07) is 8.61. The summed E-state index contributed by atoms with van der Waals surface area (Å²) in [5.74, 6) is 0.332. The molecule has 0 spiro atoms. The summed E-state index contributed by atoms with van der Waals surface area (Å²) in [7, 11) is -3.96. The molecule has 0 aliphatic carbocycles. The number of rotatable bonds is 3. The van der Waals surface area contributed by atoms with Crippen LogP contribution in [0.2, 0.25) is 0 Å². The summed E-state index contributed by atoms with van der Waals surface area (Å²) in [4.78, 5) is 13.6. The minimum atomic E-state index is -3.96. The standard InChI is InChI=1S/C20H23NO4S/c1-12-6-7-13(2)20(15(12)4)25-26(23,24)18-8-9-19-17(11-18)10-14(3)21(19)16(5)22/h6-9,11,14H,10H2,1-5H3. The van der Waals surface area contributed by atoms with Gasteiger partial charge in [0.1, 0.15) is 10.6 Å². The first-order valence-corrected chi connectivity index (χ1v) is 9.96. The molecule has 0 saturated carbocycles. The van der Waals surface area contributed by atoms with Crippen LogP contribution in [0, 0.1) is 20.8 Å². The summed E-state index contributed by atoms with van der Waals surface area (Å²) in [5, 5.41) is 0.